The van der Waals surface area contributed by atoms with Gasteiger partial charge in [-0.2, -0.15) is 0 Å². The van der Waals surface area contributed by atoms with Gasteiger partial charge in [0.1, 0.15) is 5.75 Å². The summed E-state index contributed by atoms with van der Waals surface area (Å²) in [6.07, 6.45) is 0. The van der Waals surface area contributed by atoms with E-state index in [2.05, 4.69) is 102 Å². The number of hydrogen-bond donors (Lipinski definition) is 2. The predicted molar refractivity (Wildman–Crippen MR) is 143 cm³/mol. The van der Waals surface area contributed by atoms with Crippen LogP contribution in [0.1, 0.15) is 0 Å². The van der Waals surface area contributed by atoms with Gasteiger partial charge < -0.3 is 4.52 Å². The van der Waals surface area contributed by atoms with E-state index in [1.165, 1.54) is 34.4 Å². The molecule has 0 saturated carbocycles. The summed E-state index contributed by atoms with van der Waals surface area (Å²) >= 11 is 0. The summed E-state index contributed by atoms with van der Waals surface area (Å²) in [5.41, 5.74) is 5.10. The molecular formula is C30H27O4P. The van der Waals surface area contributed by atoms with E-state index in [4.69, 9.17) is 9.79 Å². The molecule has 5 aromatic carbocycles. The second-order valence-corrected chi connectivity index (χ2v) is 8.52. The van der Waals surface area contributed by atoms with Crippen molar-refractivity contribution in [3.8, 4) is 28.0 Å². The monoisotopic (exact) mass is 482 g/mol. The fourth-order valence-corrected chi connectivity index (χ4v) is 3.54. The van der Waals surface area contributed by atoms with Crippen LogP contribution in [0.15, 0.2) is 152 Å². The smallest absolute Gasteiger partial charge is 0.404 e. The van der Waals surface area contributed by atoms with E-state index in [1.807, 2.05) is 24.3 Å². The topological polar surface area (TPSA) is 66.8 Å². The summed E-state index contributed by atoms with van der Waals surface area (Å²) < 4.78 is 14.5. The van der Waals surface area contributed by atoms with Crippen LogP contribution in [0.25, 0.3) is 22.3 Å². The molecule has 4 nitrogen and oxygen atoms in total. The van der Waals surface area contributed by atoms with Crippen LogP contribution < -0.4 is 4.52 Å². The molecule has 0 aliphatic heterocycles. The van der Waals surface area contributed by atoms with Gasteiger partial charge in [0.2, 0.25) is 0 Å². The molecule has 5 heteroatoms. The first-order chi connectivity index (χ1) is 17.0. The van der Waals surface area contributed by atoms with Crippen molar-refractivity contribution in [3.05, 3.63) is 152 Å². The Bertz CT molecular complexity index is 1130. The van der Waals surface area contributed by atoms with Crippen LogP contribution >= 0.6 is 7.82 Å². The first kappa shape index (κ1) is 25.7. The van der Waals surface area contributed by atoms with Gasteiger partial charge in [-0.3, -0.25) is 9.79 Å². The molecule has 0 aliphatic carbocycles. The van der Waals surface area contributed by atoms with Crippen molar-refractivity contribution in [1.29, 1.82) is 0 Å². The molecule has 0 heterocycles. The quantitative estimate of drug-likeness (QED) is 0.256. The zero-order valence-electron chi connectivity index (χ0n) is 19.1. The highest BCUT2D eigenvalue weighted by Gasteiger charge is 2.14. The molecular weight excluding hydrogens is 455 g/mol. The van der Waals surface area contributed by atoms with Gasteiger partial charge in [0.05, 0.1) is 0 Å². The number of phosphoric ester groups is 1. The van der Waals surface area contributed by atoms with Crippen LogP contribution in [-0.4, -0.2) is 9.79 Å². The van der Waals surface area contributed by atoms with Gasteiger partial charge in [-0.1, -0.05) is 140 Å². The molecule has 0 bridgehead atoms. The maximum atomic E-state index is 10.3. The highest BCUT2D eigenvalue weighted by atomic mass is 31.2. The first-order valence-corrected chi connectivity index (χ1v) is 12.6. The average molecular weight is 483 g/mol. The van der Waals surface area contributed by atoms with Crippen molar-refractivity contribution in [2.45, 2.75) is 0 Å². The van der Waals surface area contributed by atoms with Gasteiger partial charge in [-0.15, -0.1) is 0 Å². The molecule has 0 saturated heterocycles. The van der Waals surface area contributed by atoms with Crippen LogP contribution in [0.3, 0.4) is 0 Å². The Balaban J connectivity index is 0.000000147. The van der Waals surface area contributed by atoms with Gasteiger partial charge in [0.15, 0.2) is 0 Å². The number of phosphoric acid groups is 1. The number of rotatable bonds is 4. The summed E-state index contributed by atoms with van der Waals surface area (Å²) in [4.78, 5) is 16.7. The van der Waals surface area contributed by atoms with Crippen molar-refractivity contribution < 1.29 is 18.9 Å². The van der Waals surface area contributed by atoms with E-state index in [0.29, 0.717) is 0 Å². The molecule has 2 N–H and O–H groups in total. The van der Waals surface area contributed by atoms with Crippen LogP contribution in [0.2, 0.25) is 0 Å². The summed E-state index contributed by atoms with van der Waals surface area (Å²) in [5.74, 6) is 0.167. The molecule has 0 unspecified atom stereocenters. The summed E-state index contributed by atoms with van der Waals surface area (Å²) in [5, 5.41) is 0. The highest BCUT2D eigenvalue weighted by molar-refractivity contribution is 7.46. The third-order valence-electron chi connectivity index (χ3n) is 4.73. The lowest BCUT2D eigenvalue weighted by molar-refractivity contribution is 0.283. The normalized spacial score (nSPS) is 10.1. The summed E-state index contributed by atoms with van der Waals surface area (Å²) in [6.45, 7) is 0. The average Bonchev–Trinajstić information content (AvgIpc) is 2.91. The number of para-hydroxylation sites is 1. The molecule has 5 aromatic rings. The first-order valence-electron chi connectivity index (χ1n) is 11.0. The van der Waals surface area contributed by atoms with E-state index >= 15 is 0 Å². The molecule has 0 radical (unpaired) electrons. The van der Waals surface area contributed by atoms with Gasteiger partial charge in [-0.05, 0) is 34.4 Å². The van der Waals surface area contributed by atoms with Gasteiger partial charge in [0, 0.05) is 0 Å². The lowest BCUT2D eigenvalue weighted by Gasteiger charge is -2.04. The molecule has 35 heavy (non-hydrogen) atoms. The fourth-order valence-electron chi connectivity index (χ4n) is 3.14. The highest BCUT2D eigenvalue weighted by Crippen LogP contribution is 2.37. The van der Waals surface area contributed by atoms with E-state index in [0.717, 1.165) is 0 Å². The summed E-state index contributed by atoms with van der Waals surface area (Å²) in [6, 6.07) is 49.5. The second-order valence-electron chi connectivity index (χ2n) is 7.36. The molecule has 0 atom stereocenters. The van der Waals surface area contributed by atoms with E-state index in [9.17, 15) is 4.57 Å². The summed E-state index contributed by atoms with van der Waals surface area (Å²) in [7, 11) is -4.39. The standard InChI is InChI=1S/2C12H10.C6H7O4P/c2*1-3-7-11(8-4-1)12-9-5-2-6-10-12;7-11(8,9)10-6-4-2-1-3-5-6/h2*1-10H;1-5H,(H2,7,8,9). The fraction of sp³-hybridized carbons (Fsp3) is 0. The lowest BCUT2D eigenvalue weighted by atomic mass is 10.1. The zero-order chi connectivity index (χ0) is 24.8. The molecule has 0 spiro atoms. The van der Waals surface area contributed by atoms with Crippen LogP contribution in [0.5, 0.6) is 5.75 Å². The predicted octanol–water partition coefficient (Wildman–Crippen LogP) is 7.87. The third kappa shape index (κ3) is 9.83. The van der Waals surface area contributed by atoms with E-state index in [-0.39, 0.29) is 5.75 Å². The minimum absolute atomic E-state index is 0.167. The lowest BCUT2D eigenvalue weighted by Crippen LogP contribution is -1.88. The Morgan fingerprint density at radius 1 is 0.400 bits per heavy atom. The molecule has 176 valence electrons. The molecule has 5 rings (SSSR count). The number of hydrogen-bond acceptors (Lipinski definition) is 2. The SMILES string of the molecule is O=P(O)(O)Oc1ccccc1.c1ccc(-c2ccccc2)cc1.c1ccc(-c2ccccc2)cc1. The Kier molecular flexibility index (Phi) is 10.0. The van der Waals surface area contributed by atoms with Crippen LogP contribution in [-0.2, 0) is 4.57 Å². The van der Waals surface area contributed by atoms with Crippen molar-refractivity contribution in [2.75, 3.05) is 0 Å². The Morgan fingerprint density at radius 2 is 0.629 bits per heavy atom. The minimum atomic E-state index is -4.39. The van der Waals surface area contributed by atoms with E-state index < -0.39 is 7.82 Å². The van der Waals surface area contributed by atoms with Crippen LogP contribution in [0, 0.1) is 0 Å². The third-order valence-corrected chi connectivity index (χ3v) is 5.18. The zero-order valence-corrected chi connectivity index (χ0v) is 20.0. The Morgan fingerprint density at radius 3 is 0.857 bits per heavy atom. The Labute approximate surface area is 206 Å². The van der Waals surface area contributed by atoms with Crippen molar-refractivity contribution in [3.63, 3.8) is 0 Å². The van der Waals surface area contributed by atoms with Crippen molar-refractivity contribution in [2.24, 2.45) is 0 Å². The largest absolute Gasteiger partial charge is 0.524 e. The minimum Gasteiger partial charge on any atom is -0.404 e. The maximum absolute atomic E-state index is 10.3. The maximum Gasteiger partial charge on any atom is 0.524 e. The number of benzene rings is 5. The van der Waals surface area contributed by atoms with Crippen molar-refractivity contribution >= 4 is 7.82 Å². The van der Waals surface area contributed by atoms with Crippen molar-refractivity contribution in [1.82, 2.24) is 0 Å². The van der Waals surface area contributed by atoms with Gasteiger partial charge >= 0.3 is 7.82 Å². The van der Waals surface area contributed by atoms with Crippen LogP contribution in [0.4, 0.5) is 0 Å². The molecule has 0 aromatic heterocycles. The second kappa shape index (κ2) is 13.7. The Hall–Kier alpha value is -3.95. The van der Waals surface area contributed by atoms with Gasteiger partial charge in [0.25, 0.3) is 0 Å². The molecule has 0 aliphatic rings. The van der Waals surface area contributed by atoms with Gasteiger partial charge in [-0.25, -0.2) is 4.57 Å². The molecule has 0 amide bonds. The van der Waals surface area contributed by atoms with E-state index in [1.54, 1.807) is 18.2 Å². The molecule has 0 fully saturated rings.